The highest BCUT2D eigenvalue weighted by Crippen LogP contribution is 2.64. The lowest BCUT2D eigenvalue weighted by Crippen LogP contribution is -2.74. The lowest BCUT2D eigenvalue weighted by atomic mass is 9.88. The van der Waals surface area contributed by atoms with E-state index >= 15 is 0 Å². The van der Waals surface area contributed by atoms with E-state index in [1.54, 1.807) is 0 Å². The summed E-state index contributed by atoms with van der Waals surface area (Å²) in [6.07, 6.45) is -11.7. The summed E-state index contributed by atoms with van der Waals surface area (Å²) in [4.78, 5) is 24.7. The van der Waals surface area contributed by atoms with Gasteiger partial charge in [-0.3, -0.25) is 15.3 Å². The first-order valence-electron chi connectivity index (χ1n) is 18.9. The summed E-state index contributed by atoms with van der Waals surface area (Å²) in [6.45, 7) is 6.76. The molecule has 0 aliphatic heterocycles. The van der Waals surface area contributed by atoms with Gasteiger partial charge >= 0.3 is 53.7 Å². The number of carbonyl (C=O) groups excluding carboxylic acids is 2. The van der Waals surface area contributed by atoms with Crippen LogP contribution in [0, 0.1) is 17.6 Å². The molecular weight excluding hydrogens is 969 g/mol. The molecule has 28 heteroatoms. The number of hydrogen-bond donors (Lipinski definition) is 3. The number of benzene rings is 2. The summed E-state index contributed by atoms with van der Waals surface area (Å²) >= 11 is 0. The molecule has 0 bridgehead atoms. The van der Waals surface area contributed by atoms with Crippen molar-refractivity contribution in [2.24, 2.45) is 5.92 Å². The molecule has 0 heterocycles. The van der Waals surface area contributed by atoms with Gasteiger partial charge in [-0.1, -0.05) is 52.8 Å². The van der Waals surface area contributed by atoms with Crippen LogP contribution in [0.4, 0.5) is 93.9 Å². The zero-order valence-electron chi connectivity index (χ0n) is 34.9. The average molecular weight is 1010 g/mol. The van der Waals surface area contributed by atoms with Crippen LogP contribution in [-0.4, -0.2) is 86.4 Å². The van der Waals surface area contributed by atoms with Crippen molar-refractivity contribution in [2.45, 2.75) is 119 Å². The smallest absolute Gasteiger partial charge is 0.460 e. The maximum atomic E-state index is 15.0. The van der Waals surface area contributed by atoms with Gasteiger partial charge in [0.2, 0.25) is 0 Å². The molecule has 0 saturated carbocycles. The highest BCUT2D eigenvalue weighted by Gasteiger charge is 2.95. The summed E-state index contributed by atoms with van der Waals surface area (Å²) in [7, 11) is -4.07. The summed E-state index contributed by atoms with van der Waals surface area (Å²) in [5.41, 5.74) is -0.800. The van der Waals surface area contributed by atoms with E-state index in [-0.39, 0.29) is 16.9 Å². The number of nitrogens with one attached hydrogen (secondary N) is 2. The predicted molar refractivity (Wildman–Crippen MR) is 196 cm³/mol. The van der Waals surface area contributed by atoms with Crippen LogP contribution in [0.5, 0.6) is 5.75 Å². The van der Waals surface area contributed by atoms with Crippen molar-refractivity contribution in [3.05, 3.63) is 71.3 Å². The van der Waals surface area contributed by atoms with Gasteiger partial charge in [0.25, 0.3) is 5.91 Å². The number of hydrogen-bond acceptors (Lipinski definition) is 6. The third-order valence-corrected chi connectivity index (χ3v) is 16.0. The Kier molecular flexibility index (Phi) is 17.8. The Labute approximate surface area is 363 Å². The number of rotatable bonds is 22. The first-order chi connectivity index (χ1) is 29.7. The molecule has 0 saturated heterocycles. The Hall–Kier alpha value is -4.47. The Morgan fingerprint density at radius 2 is 1.18 bits per heavy atom. The molecule has 2 aromatic rings. The van der Waals surface area contributed by atoms with E-state index in [1.165, 1.54) is 77.4 Å². The van der Waals surface area contributed by atoms with Crippen molar-refractivity contribution in [1.29, 1.82) is 0 Å². The molecule has 0 aliphatic carbocycles. The van der Waals surface area contributed by atoms with E-state index in [9.17, 15) is 93.0 Å². The van der Waals surface area contributed by atoms with Gasteiger partial charge in [0.1, 0.15) is 30.1 Å². The molecular formula is C38H41F19N2O6Si. The zero-order chi connectivity index (χ0) is 51.4. The summed E-state index contributed by atoms with van der Waals surface area (Å²) in [5, 5.41) is 11.0. The van der Waals surface area contributed by atoms with Crippen LogP contribution in [0.1, 0.15) is 59.6 Å². The minimum atomic E-state index is -8.73. The van der Waals surface area contributed by atoms with Crippen LogP contribution in [0.15, 0.2) is 54.1 Å². The molecule has 0 spiro atoms. The molecule has 2 atom stereocenters. The molecule has 0 aliphatic rings. The average Bonchev–Trinajstić information content (AvgIpc) is 3.19. The Bertz CT molecular complexity index is 2010. The maximum absolute atomic E-state index is 15.0. The second kappa shape index (κ2) is 20.4. The second-order valence-corrected chi connectivity index (χ2v) is 20.4. The molecule has 2 rings (SSSR count). The van der Waals surface area contributed by atoms with E-state index < -0.39 is 134 Å². The second-order valence-electron chi connectivity index (χ2n) is 15.4. The molecule has 0 fully saturated rings. The van der Waals surface area contributed by atoms with Crippen LogP contribution in [-0.2, 0) is 14.0 Å². The van der Waals surface area contributed by atoms with Crippen LogP contribution in [0.3, 0.4) is 0 Å². The van der Waals surface area contributed by atoms with E-state index in [4.69, 9.17) is 19.1 Å². The third kappa shape index (κ3) is 11.3. The number of carbonyl (C=O) groups is 2. The fourth-order valence-electron chi connectivity index (χ4n) is 6.47. The standard InChI is InChI=1S/C38H41F19N2O6Si/c1-19(2)66(20(3)4,16-13-31(41,42)32(43,44)33(45,46)34(47,48)35(49,50)36(51,52)37(53,54)38(55,56)57)64-15-14-63-25-10-7-23(8-11-25)28(21(5)17-22(6)29(60)59-62)65-30(61)58-27-12-9-24(39)18-26(27)40/h7-12,17-21,28,62H,13-16H2,1-6H3,(H,58,61)(H,59,60)/b22-17+/t21-,28+/m1/s1. The van der Waals surface area contributed by atoms with Crippen LogP contribution >= 0.6 is 0 Å². The van der Waals surface area contributed by atoms with Gasteiger partial charge in [-0.2, -0.15) is 74.6 Å². The van der Waals surface area contributed by atoms with Gasteiger partial charge in [0.05, 0.1) is 12.3 Å². The summed E-state index contributed by atoms with van der Waals surface area (Å²) in [5.74, 6) is -61.0. The molecule has 0 aromatic heterocycles. The molecule has 2 amide bonds. The molecule has 2 aromatic carbocycles. The lowest BCUT2D eigenvalue weighted by Gasteiger charge is -2.44. The van der Waals surface area contributed by atoms with Crippen molar-refractivity contribution < 1.29 is 112 Å². The van der Waals surface area contributed by atoms with Crippen molar-refractivity contribution in [2.75, 3.05) is 18.5 Å². The van der Waals surface area contributed by atoms with Gasteiger partial charge in [-0.15, -0.1) is 0 Å². The predicted octanol–water partition coefficient (Wildman–Crippen LogP) is 12.9. The lowest BCUT2D eigenvalue weighted by molar-refractivity contribution is -0.461. The van der Waals surface area contributed by atoms with Gasteiger partial charge in [-0.05, 0) is 53.9 Å². The van der Waals surface area contributed by atoms with Crippen molar-refractivity contribution in [1.82, 2.24) is 5.48 Å². The highest BCUT2D eigenvalue weighted by atomic mass is 28.4. The normalized spacial score (nSPS) is 15.2. The monoisotopic (exact) mass is 1010 g/mol. The molecule has 8 nitrogen and oxygen atoms in total. The van der Waals surface area contributed by atoms with Crippen LogP contribution in [0.2, 0.25) is 17.1 Å². The minimum absolute atomic E-state index is 0.00374. The summed E-state index contributed by atoms with van der Waals surface area (Å²) in [6, 6.07) is 6.01. The number of halogens is 19. The Morgan fingerprint density at radius 3 is 1.64 bits per heavy atom. The third-order valence-electron chi connectivity index (χ3n) is 10.4. The number of alkyl halides is 17. The Morgan fingerprint density at radius 1 is 0.697 bits per heavy atom. The number of amides is 2. The first kappa shape index (κ1) is 57.7. The zero-order valence-corrected chi connectivity index (χ0v) is 35.9. The van der Waals surface area contributed by atoms with Gasteiger partial charge in [-0.25, -0.2) is 19.1 Å². The van der Waals surface area contributed by atoms with Crippen LogP contribution in [0.25, 0.3) is 0 Å². The maximum Gasteiger partial charge on any atom is 0.460 e. The van der Waals surface area contributed by atoms with E-state index in [2.05, 4.69) is 5.32 Å². The molecule has 66 heavy (non-hydrogen) atoms. The topological polar surface area (TPSA) is 106 Å². The largest absolute Gasteiger partial charge is 0.491 e. The molecule has 0 radical (unpaired) electrons. The van der Waals surface area contributed by atoms with E-state index in [1.807, 2.05) is 0 Å². The van der Waals surface area contributed by atoms with Crippen molar-refractivity contribution in [3.63, 3.8) is 0 Å². The number of anilines is 1. The number of ether oxygens (including phenoxy) is 2. The van der Waals surface area contributed by atoms with Crippen molar-refractivity contribution >= 4 is 26.0 Å². The first-order valence-corrected chi connectivity index (χ1v) is 21.1. The van der Waals surface area contributed by atoms with Gasteiger partial charge in [0.15, 0.2) is 8.32 Å². The van der Waals surface area contributed by atoms with Gasteiger partial charge in [0, 0.05) is 24.0 Å². The number of hydroxylamine groups is 1. The molecule has 0 unspecified atom stereocenters. The summed E-state index contributed by atoms with van der Waals surface area (Å²) < 4.78 is 280. The van der Waals surface area contributed by atoms with Crippen molar-refractivity contribution in [3.8, 4) is 5.75 Å². The van der Waals surface area contributed by atoms with Gasteiger partial charge < -0.3 is 13.9 Å². The fraction of sp³-hybridized carbons (Fsp3) is 0.579. The molecule has 3 N–H and O–H groups in total. The minimum Gasteiger partial charge on any atom is -0.491 e. The quantitative estimate of drug-likeness (QED) is 0.0271. The van der Waals surface area contributed by atoms with Crippen LogP contribution < -0.4 is 15.5 Å². The molecule has 376 valence electrons. The van der Waals surface area contributed by atoms with E-state index in [0.717, 1.165) is 12.1 Å². The SMILES string of the molecule is C/C(=C\[C@@H](C)[C@H](OC(=O)Nc1ccc(F)cc1F)c1ccc(OCCO[Si](CCC(F)(F)C(F)(F)C(F)(F)C(F)(F)C(F)(F)C(F)(F)C(F)(F)C(F)(F)F)(C(C)C)C(C)C)cc1)C(=O)NO. The highest BCUT2D eigenvalue weighted by molar-refractivity contribution is 6.76. The van der Waals surface area contributed by atoms with E-state index in [0.29, 0.717) is 6.07 Å². The fourth-order valence-corrected chi connectivity index (χ4v) is 10.9. The Balaban J connectivity index is 2.33.